The van der Waals surface area contributed by atoms with Crippen LogP contribution >= 0.6 is 11.6 Å². The molecule has 6 nitrogen and oxygen atoms in total. The largest absolute Gasteiger partial charge is 0.454 e. The summed E-state index contributed by atoms with van der Waals surface area (Å²) in [6.07, 6.45) is 0. The van der Waals surface area contributed by atoms with Gasteiger partial charge in [0.2, 0.25) is 6.79 Å². The Morgan fingerprint density at radius 3 is 2.56 bits per heavy atom. The number of piperazine rings is 1. The third-order valence-electron chi connectivity index (χ3n) is 6.27. The van der Waals surface area contributed by atoms with Gasteiger partial charge in [0.1, 0.15) is 5.82 Å². The fraction of sp³-hybridized carbons (Fsp3) is 0.269. The van der Waals surface area contributed by atoms with Crippen molar-refractivity contribution in [2.24, 2.45) is 0 Å². The molecule has 0 spiro atoms. The second-order valence-corrected chi connectivity index (χ2v) is 8.76. The summed E-state index contributed by atoms with van der Waals surface area (Å²) in [6.45, 7) is 3.43. The number of nitrogens with one attached hydrogen (secondary N) is 1. The van der Waals surface area contributed by atoms with Crippen molar-refractivity contribution in [2.75, 3.05) is 44.4 Å². The first kappa shape index (κ1) is 22.5. The number of benzene rings is 3. The highest BCUT2D eigenvalue weighted by Gasteiger charge is 2.28. The number of halogens is 2. The zero-order chi connectivity index (χ0) is 23.5. The van der Waals surface area contributed by atoms with E-state index in [0.29, 0.717) is 41.7 Å². The van der Waals surface area contributed by atoms with E-state index in [4.69, 9.17) is 21.1 Å². The Kier molecular flexibility index (Phi) is 6.56. The Labute approximate surface area is 202 Å². The molecule has 1 fully saturated rings. The van der Waals surface area contributed by atoms with Crippen LogP contribution < -0.4 is 19.7 Å². The van der Waals surface area contributed by atoms with Gasteiger partial charge in [-0.2, -0.15) is 0 Å². The van der Waals surface area contributed by atoms with Crippen LogP contribution in [0.2, 0.25) is 5.02 Å². The number of anilines is 1. The third kappa shape index (κ3) is 4.81. The number of carbonyl (C=O) groups excluding carboxylic acids is 1. The molecule has 8 heteroatoms. The van der Waals surface area contributed by atoms with E-state index in [1.807, 2.05) is 30.3 Å². The maximum atomic E-state index is 14.3. The molecule has 1 atom stereocenters. The number of nitrogens with zero attached hydrogens (tertiary/aromatic N) is 2. The lowest BCUT2D eigenvalue weighted by Gasteiger charge is -2.40. The first-order valence-corrected chi connectivity index (χ1v) is 11.6. The molecule has 1 unspecified atom stereocenters. The van der Waals surface area contributed by atoms with Gasteiger partial charge in [-0.1, -0.05) is 35.9 Å². The molecule has 3 aromatic carbocycles. The van der Waals surface area contributed by atoms with Crippen molar-refractivity contribution in [2.45, 2.75) is 6.04 Å². The molecular weight excluding hydrogens is 457 g/mol. The topological polar surface area (TPSA) is 54.0 Å². The molecule has 2 aliphatic heterocycles. The molecule has 0 radical (unpaired) electrons. The molecule has 1 amide bonds. The minimum absolute atomic E-state index is 0.0830. The Morgan fingerprint density at radius 1 is 0.971 bits per heavy atom. The standard InChI is InChI=1S/C26H25ClFN3O3/c27-20-5-3-4-19(14-20)26(32)29-16-23(18-8-9-24-25(15-18)34-17-33-24)31-12-10-30(11-13-31)22-7-2-1-6-21(22)28/h1-9,14-15,23H,10-13,16-17H2,(H,29,32). The van der Waals surface area contributed by atoms with Crippen LogP contribution in [0.5, 0.6) is 11.5 Å². The van der Waals surface area contributed by atoms with Gasteiger partial charge in [0, 0.05) is 43.3 Å². The summed E-state index contributed by atoms with van der Waals surface area (Å²) in [5.41, 5.74) is 2.16. The molecule has 0 aromatic heterocycles. The van der Waals surface area contributed by atoms with E-state index < -0.39 is 0 Å². The number of para-hydroxylation sites is 1. The van der Waals surface area contributed by atoms with Crippen molar-refractivity contribution < 1.29 is 18.7 Å². The van der Waals surface area contributed by atoms with E-state index in [9.17, 15) is 9.18 Å². The lowest BCUT2D eigenvalue weighted by atomic mass is 10.0. The van der Waals surface area contributed by atoms with Crippen LogP contribution in [0.15, 0.2) is 66.7 Å². The van der Waals surface area contributed by atoms with Gasteiger partial charge >= 0.3 is 0 Å². The van der Waals surface area contributed by atoms with Crippen LogP contribution in [0.4, 0.5) is 10.1 Å². The monoisotopic (exact) mass is 481 g/mol. The van der Waals surface area contributed by atoms with Gasteiger partial charge in [0.25, 0.3) is 5.91 Å². The minimum atomic E-state index is -0.211. The van der Waals surface area contributed by atoms with Crippen molar-refractivity contribution in [3.05, 3.63) is 88.7 Å². The number of hydrogen-bond acceptors (Lipinski definition) is 5. The highest BCUT2D eigenvalue weighted by atomic mass is 35.5. The van der Waals surface area contributed by atoms with Crippen LogP contribution in [0.1, 0.15) is 22.0 Å². The quantitative estimate of drug-likeness (QED) is 0.562. The average Bonchev–Trinajstić information content (AvgIpc) is 3.33. The molecule has 1 N–H and O–H groups in total. The van der Waals surface area contributed by atoms with E-state index in [0.717, 1.165) is 24.4 Å². The summed E-state index contributed by atoms with van der Waals surface area (Å²) < 4.78 is 25.3. The normalized spacial score (nSPS) is 16.4. The summed E-state index contributed by atoms with van der Waals surface area (Å²) in [4.78, 5) is 17.2. The van der Waals surface area contributed by atoms with Crippen molar-refractivity contribution in [3.8, 4) is 11.5 Å². The molecular formula is C26H25ClFN3O3. The Bertz CT molecular complexity index is 1180. The molecule has 0 saturated carbocycles. The Morgan fingerprint density at radius 2 is 1.76 bits per heavy atom. The van der Waals surface area contributed by atoms with Gasteiger partial charge in [0.05, 0.1) is 11.7 Å². The smallest absolute Gasteiger partial charge is 0.251 e. The summed E-state index contributed by atoms with van der Waals surface area (Å²) >= 11 is 6.05. The lowest BCUT2D eigenvalue weighted by Crippen LogP contribution is -2.50. The maximum absolute atomic E-state index is 14.3. The molecule has 176 valence electrons. The highest BCUT2D eigenvalue weighted by molar-refractivity contribution is 6.30. The summed E-state index contributed by atoms with van der Waals surface area (Å²) in [7, 11) is 0. The van der Waals surface area contributed by atoms with Crippen LogP contribution in [0.25, 0.3) is 0 Å². The number of amides is 1. The summed E-state index contributed by atoms with van der Waals surface area (Å²) in [6, 6.07) is 19.5. The van der Waals surface area contributed by atoms with Crippen LogP contribution in [0.3, 0.4) is 0 Å². The molecule has 0 aliphatic carbocycles. The van der Waals surface area contributed by atoms with Gasteiger partial charge in [0.15, 0.2) is 11.5 Å². The maximum Gasteiger partial charge on any atom is 0.251 e. The van der Waals surface area contributed by atoms with E-state index in [1.54, 1.807) is 30.3 Å². The zero-order valence-corrected chi connectivity index (χ0v) is 19.3. The molecule has 3 aromatic rings. The second kappa shape index (κ2) is 9.91. The van der Waals surface area contributed by atoms with Crippen LogP contribution in [-0.4, -0.2) is 50.3 Å². The predicted molar refractivity (Wildman–Crippen MR) is 129 cm³/mol. The number of carbonyl (C=O) groups is 1. The molecule has 2 aliphatic rings. The van der Waals surface area contributed by atoms with Gasteiger partial charge < -0.3 is 19.7 Å². The van der Waals surface area contributed by atoms with Crippen molar-refractivity contribution >= 4 is 23.2 Å². The highest BCUT2D eigenvalue weighted by Crippen LogP contribution is 2.36. The van der Waals surface area contributed by atoms with E-state index in [1.165, 1.54) is 6.07 Å². The molecule has 0 bridgehead atoms. The first-order chi connectivity index (χ1) is 16.6. The van der Waals surface area contributed by atoms with E-state index in [2.05, 4.69) is 15.1 Å². The Balaban J connectivity index is 1.33. The van der Waals surface area contributed by atoms with Crippen LogP contribution in [0, 0.1) is 5.82 Å². The SMILES string of the molecule is O=C(NCC(c1ccc2c(c1)OCO2)N1CCN(c2ccccc2F)CC1)c1cccc(Cl)c1. The number of rotatable bonds is 6. The van der Waals surface area contributed by atoms with Crippen molar-refractivity contribution in [3.63, 3.8) is 0 Å². The van der Waals surface area contributed by atoms with Crippen molar-refractivity contribution in [1.29, 1.82) is 0 Å². The van der Waals surface area contributed by atoms with E-state index >= 15 is 0 Å². The first-order valence-electron chi connectivity index (χ1n) is 11.3. The molecule has 2 heterocycles. The second-order valence-electron chi connectivity index (χ2n) is 8.32. The average molecular weight is 482 g/mol. The number of fused-ring (bicyclic) bond motifs is 1. The van der Waals surface area contributed by atoms with Gasteiger partial charge in [-0.3, -0.25) is 9.69 Å². The summed E-state index contributed by atoms with van der Waals surface area (Å²) in [5.74, 6) is 1.03. The molecule has 1 saturated heterocycles. The zero-order valence-electron chi connectivity index (χ0n) is 18.5. The van der Waals surface area contributed by atoms with Crippen LogP contribution in [-0.2, 0) is 0 Å². The van der Waals surface area contributed by atoms with Gasteiger partial charge in [-0.25, -0.2) is 4.39 Å². The fourth-order valence-electron chi connectivity index (χ4n) is 4.48. The predicted octanol–water partition coefficient (Wildman–Crippen LogP) is 4.50. The third-order valence-corrected chi connectivity index (χ3v) is 6.51. The van der Waals surface area contributed by atoms with Crippen molar-refractivity contribution in [1.82, 2.24) is 10.2 Å². The van der Waals surface area contributed by atoms with E-state index in [-0.39, 0.29) is 24.6 Å². The molecule has 34 heavy (non-hydrogen) atoms. The molecule has 5 rings (SSSR count). The van der Waals surface area contributed by atoms with Gasteiger partial charge in [-0.15, -0.1) is 0 Å². The lowest BCUT2D eigenvalue weighted by molar-refractivity contribution is 0.0930. The van der Waals surface area contributed by atoms with Gasteiger partial charge in [-0.05, 0) is 48.0 Å². The minimum Gasteiger partial charge on any atom is -0.454 e. The number of hydrogen-bond donors (Lipinski definition) is 1. The number of ether oxygens (including phenoxy) is 2. The fourth-order valence-corrected chi connectivity index (χ4v) is 4.67. The summed E-state index contributed by atoms with van der Waals surface area (Å²) in [5, 5.41) is 3.57. The Hall–Kier alpha value is -3.29.